The summed E-state index contributed by atoms with van der Waals surface area (Å²) in [5, 5.41) is 2.11. The van der Waals surface area contributed by atoms with Crippen LogP contribution in [0.3, 0.4) is 0 Å². The average Bonchev–Trinajstić information content (AvgIpc) is 2.53. The molecule has 0 unspecified atom stereocenters. The summed E-state index contributed by atoms with van der Waals surface area (Å²) in [5.74, 6) is 0.0808. The van der Waals surface area contributed by atoms with Crippen molar-refractivity contribution in [2.45, 2.75) is 26.2 Å². The van der Waals surface area contributed by atoms with Crippen molar-refractivity contribution in [2.75, 3.05) is 0 Å². The van der Waals surface area contributed by atoms with E-state index in [-0.39, 0.29) is 11.2 Å². The lowest BCUT2D eigenvalue weighted by Crippen LogP contribution is -2.11. The Labute approximate surface area is 131 Å². The number of hydrogen-bond acceptors (Lipinski definition) is 1. The highest BCUT2D eigenvalue weighted by Gasteiger charge is 2.16. The summed E-state index contributed by atoms with van der Waals surface area (Å²) < 4.78 is 0. The lowest BCUT2D eigenvalue weighted by Gasteiger charge is -2.19. The van der Waals surface area contributed by atoms with E-state index < -0.39 is 0 Å². The maximum atomic E-state index is 12.8. The molecule has 3 rings (SSSR count). The zero-order valence-corrected chi connectivity index (χ0v) is 13.3. The molecule has 3 aromatic rings. The lowest BCUT2D eigenvalue weighted by molar-refractivity contribution is 0.104. The van der Waals surface area contributed by atoms with E-state index in [0.29, 0.717) is 0 Å². The monoisotopic (exact) mass is 288 g/mol. The summed E-state index contributed by atoms with van der Waals surface area (Å²) in [6.45, 7) is 6.53. The summed E-state index contributed by atoms with van der Waals surface area (Å²) in [7, 11) is 0. The van der Waals surface area contributed by atoms with E-state index in [1.165, 1.54) is 5.56 Å². The van der Waals surface area contributed by atoms with Crippen molar-refractivity contribution in [3.05, 3.63) is 83.4 Å². The summed E-state index contributed by atoms with van der Waals surface area (Å²) in [4.78, 5) is 12.8. The molecule has 1 heteroatoms. The van der Waals surface area contributed by atoms with Crippen LogP contribution in [0, 0.1) is 0 Å². The molecule has 0 atom stereocenters. The molecule has 0 heterocycles. The Morgan fingerprint density at radius 3 is 2.09 bits per heavy atom. The fourth-order valence-electron chi connectivity index (χ4n) is 2.70. The van der Waals surface area contributed by atoms with Crippen LogP contribution in [0.2, 0.25) is 0 Å². The first-order chi connectivity index (χ1) is 10.5. The predicted molar refractivity (Wildman–Crippen MR) is 92.5 cm³/mol. The van der Waals surface area contributed by atoms with Gasteiger partial charge in [-0.05, 0) is 21.8 Å². The third-order valence-corrected chi connectivity index (χ3v) is 4.05. The highest BCUT2D eigenvalue weighted by molar-refractivity contribution is 6.16. The van der Waals surface area contributed by atoms with Gasteiger partial charge in [0.1, 0.15) is 0 Å². The SMILES string of the molecule is CC(C)(C)c1ccc(C(=O)c2cccc3ccccc23)cc1. The van der Waals surface area contributed by atoms with Crippen LogP contribution in [0.5, 0.6) is 0 Å². The molecule has 0 aliphatic rings. The fourth-order valence-corrected chi connectivity index (χ4v) is 2.70. The second-order valence-electron chi connectivity index (χ2n) is 6.68. The van der Waals surface area contributed by atoms with Crippen molar-refractivity contribution in [1.29, 1.82) is 0 Å². The summed E-state index contributed by atoms with van der Waals surface area (Å²) in [6, 6.07) is 21.9. The van der Waals surface area contributed by atoms with Crippen molar-refractivity contribution in [1.82, 2.24) is 0 Å². The first-order valence-corrected chi connectivity index (χ1v) is 7.60. The van der Waals surface area contributed by atoms with Crippen molar-refractivity contribution in [2.24, 2.45) is 0 Å². The van der Waals surface area contributed by atoms with Crippen molar-refractivity contribution in [3.63, 3.8) is 0 Å². The van der Waals surface area contributed by atoms with Crippen molar-refractivity contribution < 1.29 is 4.79 Å². The molecule has 0 N–H and O–H groups in total. The van der Waals surface area contributed by atoms with Crippen molar-refractivity contribution >= 4 is 16.6 Å². The molecule has 0 saturated carbocycles. The molecule has 0 spiro atoms. The number of hydrogen-bond donors (Lipinski definition) is 0. The van der Waals surface area contributed by atoms with Crippen LogP contribution < -0.4 is 0 Å². The zero-order valence-electron chi connectivity index (χ0n) is 13.3. The highest BCUT2D eigenvalue weighted by atomic mass is 16.1. The largest absolute Gasteiger partial charge is 0.289 e. The molecule has 110 valence electrons. The smallest absolute Gasteiger partial charge is 0.193 e. The number of rotatable bonds is 2. The van der Waals surface area contributed by atoms with Crippen LogP contribution >= 0.6 is 0 Å². The van der Waals surface area contributed by atoms with Gasteiger partial charge in [0, 0.05) is 11.1 Å². The number of carbonyl (C=O) groups is 1. The molecule has 0 amide bonds. The second kappa shape index (κ2) is 5.42. The summed E-state index contributed by atoms with van der Waals surface area (Å²) in [5.41, 5.74) is 2.84. The average molecular weight is 288 g/mol. The Balaban J connectivity index is 2.03. The molecule has 0 bridgehead atoms. The molecule has 22 heavy (non-hydrogen) atoms. The molecule has 0 saturated heterocycles. The molecule has 0 aliphatic carbocycles. The molecule has 0 aliphatic heterocycles. The van der Waals surface area contributed by atoms with Gasteiger partial charge in [-0.2, -0.15) is 0 Å². The van der Waals surface area contributed by atoms with E-state index in [0.717, 1.165) is 21.9 Å². The van der Waals surface area contributed by atoms with Gasteiger partial charge in [-0.3, -0.25) is 4.79 Å². The van der Waals surface area contributed by atoms with E-state index >= 15 is 0 Å². The van der Waals surface area contributed by atoms with Crippen LogP contribution in [0.25, 0.3) is 10.8 Å². The molecular formula is C21H20O. The topological polar surface area (TPSA) is 17.1 Å². The van der Waals surface area contributed by atoms with Crippen LogP contribution in [-0.2, 0) is 5.41 Å². The molecular weight excluding hydrogens is 268 g/mol. The van der Waals surface area contributed by atoms with E-state index in [1.54, 1.807) is 0 Å². The molecule has 0 radical (unpaired) electrons. The molecule has 0 aromatic heterocycles. The quantitative estimate of drug-likeness (QED) is 0.579. The minimum Gasteiger partial charge on any atom is -0.289 e. The van der Waals surface area contributed by atoms with Gasteiger partial charge >= 0.3 is 0 Å². The van der Waals surface area contributed by atoms with Crippen LogP contribution in [-0.4, -0.2) is 5.78 Å². The van der Waals surface area contributed by atoms with E-state index in [1.807, 2.05) is 54.6 Å². The zero-order chi connectivity index (χ0) is 15.7. The summed E-state index contributed by atoms with van der Waals surface area (Å²) in [6.07, 6.45) is 0. The van der Waals surface area contributed by atoms with Gasteiger partial charge in [0.2, 0.25) is 0 Å². The Bertz CT molecular complexity index is 815. The second-order valence-corrected chi connectivity index (χ2v) is 6.68. The highest BCUT2D eigenvalue weighted by Crippen LogP contribution is 2.25. The first-order valence-electron chi connectivity index (χ1n) is 7.60. The van der Waals surface area contributed by atoms with E-state index in [2.05, 4.69) is 32.9 Å². The van der Waals surface area contributed by atoms with Gasteiger partial charge in [0.15, 0.2) is 5.78 Å². The predicted octanol–water partition coefficient (Wildman–Crippen LogP) is 5.37. The Morgan fingerprint density at radius 1 is 0.773 bits per heavy atom. The van der Waals surface area contributed by atoms with Crippen molar-refractivity contribution in [3.8, 4) is 0 Å². The van der Waals surface area contributed by atoms with Gasteiger partial charge in [-0.1, -0.05) is 87.5 Å². The summed E-state index contributed by atoms with van der Waals surface area (Å²) >= 11 is 0. The maximum absolute atomic E-state index is 12.8. The number of ketones is 1. The fraction of sp³-hybridized carbons (Fsp3) is 0.190. The van der Waals surface area contributed by atoms with Crippen LogP contribution in [0.15, 0.2) is 66.7 Å². The van der Waals surface area contributed by atoms with Gasteiger partial charge < -0.3 is 0 Å². The van der Waals surface area contributed by atoms with Gasteiger partial charge in [0.25, 0.3) is 0 Å². The number of fused-ring (bicyclic) bond motifs is 1. The van der Waals surface area contributed by atoms with Crippen LogP contribution in [0.1, 0.15) is 42.3 Å². The minimum atomic E-state index is 0.0808. The third kappa shape index (κ3) is 2.67. The number of carbonyl (C=O) groups excluding carboxylic acids is 1. The Morgan fingerprint density at radius 2 is 1.41 bits per heavy atom. The maximum Gasteiger partial charge on any atom is 0.193 e. The molecule has 1 nitrogen and oxygen atoms in total. The van der Waals surface area contributed by atoms with Gasteiger partial charge in [-0.15, -0.1) is 0 Å². The molecule has 3 aromatic carbocycles. The number of benzene rings is 3. The van der Waals surface area contributed by atoms with E-state index in [4.69, 9.17) is 0 Å². The van der Waals surface area contributed by atoms with Crippen LogP contribution in [0.4, 0.5) is 0 Å². The molecule has 0 fully saturated rings. The third-order valence-electron chi connectivity index (χ3n) is 4.05. The first kappa shape index (κ1) is 14.5. The lowest BCUT2D eigenvalue weighted by atomic mass is 9.86. The van der Waals surface area contributed by atoms with Gasteiger partial charge in [0.05, 0.1) is 0 Å². The van der Waals surface area contributed by atoms with Gasteiger partial charge in [-0.25, -0.2) is 0 Å². The Kier molecular flexibility index (Phi) is 3.58. The minimum absolute atomic E-state index is 0.0808. The standard InChI is InChI=1S/C21H20O/c1-21(2,3)17-13-11-16(12-14-17)20(22)19-10-6-8-15-7-4-5-9-18(15)19/h4-14H,1-3H3. The van der Waals surface area contributed by atoms with E-state index in [9.17, 15) is 4.79 Å². The Hall–Kier alpha value is -2.41. The normalized spacial score (nSPS) is 11.6.